The first kappa shape index (κ1) is 23.0. The molecule has 0 spiro atoms. The Bertz CT molecular complexity index is 877. The van der Waals surface area contributed by atoms with E-state index in [2.05, 4.69) is 11.9 Å². The van der Waals surface area contributed by atoms with Gasteiger partial charge in [-0.3, -0.25) is 14.8 Å². The molecule has 2 aromatic rings. The van der Waals surface area contributed by atoms with Gasteiger partial charge in [-0.15, -0.1) is 0 Å². The lowest BCUT2D eigenvalue weighted by Gasteiger charge is -2.18. The number of fused-ring (bicyclic) bond motifs is 1. The fourth-order valence-electron chi connectivity index (χ4n) is 2.96. The highest BCUT2D eigenvalue weighted by atomic mass is 16.6. The Balaban J connectivity index is 0.000000252. The summed E-state index contributed by atoms with van der Waals surface area (Å²) in [7, 11) is 1.69. The van der Waals surface area contributed by atoms with Crippen LogP contribution in [-0.2, 0) is 4.79 Å². The minimum absolute atomic E-state index is 0.0775. The van der Waals surface area contributed by atoms with Crippen LogP contribution in [0.2, 0.25) is 0 Å². The molecule has 1 atom stereocenters. The first-order valence-corrected chi connectivity index (χ1v) is 9.72. The SMILES string of the molecule is C=C(NC)C(CC)C(=O)NO.CC(=O)c1ccc(-c2ccc3c(c2)OCCO3)cc1. The molecular weight excluding hydrogens is 384 g/mol. The van der Waals surface area contributed by atoms with Gasteiger partial charge >= 0.3 is 0 Å². The molecule has 1 aliphatic heterocycles. The number of amides is 1. The van der Waals surface area contributed by atoms with Crippen LogP contribution in [0, 0.1) is 5.92 Å². The molecule has 0 bridgehead atoms. The number of Topliss-reactive ketones (excluding diaryl/α,β-unsaturated/α-hetero) is 1. The Kier molecular flexibility index (Phi) is 8.43. The zero-order chi connectivity index (χ0) is 22.1. The molecule has 1 heterocycles. The van der Waals surface area contributed by atoms with Crippen molar-refractivity contribution in [2.75, 3.05) is 20.3 Å². The third kappa shape index (κ3) is 5.84. The number of rotatable bonds is 6. The molecule has 0 fully saturated rings. The number of hydroxylamine groups is 1. The third-order valence-electron chi connectivity index (χ3n) is 4.74. The van der Waals surface area contributed by atoms with Crippen molar-refractivity contribution < 1.29 is 24.3 Å². The Hall–Kier alpha value is -3.32. The predicted molar refractivity (Wildman–Crippen MR) is 115 cm³/mol. The van der Waals surface area contributed by atoms with Crippen molar-refractivity contribution in [3.63, 3.8) is 0 Å². The van der Waals surface area contributed by atoms with Gasteiger partial charge in [0.1, 0.15) is 13.2 Å². The number of carbonyl (C=O) groups excluding carboxylic acids is 2. The van der Waals surface area contributed by atoms with E-state index in [1.54, 1.807) is 19.5 Å². The summed E-state index contributed by atoms with van der Waals surface area (Å²) in [5, 5.41) is 11.1. The van der Waals surface area contributed by atoms with Crippen LogP contribution in [0.15, 0.2) is 54.7 Å². The number of ether oxygens (including phenoxy) is 2. The summed E-state index contributed by atoms with van der Waals surface area (Å²) >= 11 is 0. The molecule has 0 radical (unpaired) electrons. The number of carbonyl (C=O) groups is 2. The van der Waals surface area contributed by atoms with Crippen molar-refractivity contribution in [3.8, 4) is 22.6 Å². The van der Waals surface area contributed by atoms with Crippen molar-refractivity contribution >= 4 is 11.7 Å². The lowest BCUT2D eigenvalue weighted by atomic mass is 10.0. The first-order valence-electron chi connectivity index (χ1n) is 9.72. The lowest BCUT2D eigenvalue weighted by Crippen LogP contribution is -2.31. The number of hydrogen-bond acceptors (Lipinski definition) is 6. The van der Waals surface area contributed by atoms with Crippen molar-refractivity contribution in [1.82, 2.24) is 10.8 Å². The van der Waals surface area contributed by atoms with E-state index >= 15 is 0 Å². The van der Waals surface area contributed by atoms with Crippen LogP contribution < -0.4 is 20.3 Å². The Morgan fingerprint density at radius 3 is 2.20 bits per heavy atom. The molecule has 7 nitrogen and oxygen atoms in total. The van der Waals surface area contributed by atoms with E-state index in [4.69, 9.17) is 14.7 Å². The molecular formula is C23H28N2O5. The molecule has 1 aliphatic rings. The van der Waals surface area contributed by atoms with Crippen LogP contribution in [0.3, 0.4) is 0 Å². The van der Waals surface area contributed by atoms with E-state index in [0.717, 1.165) is 28.2 Å². The molecule has 7 heteroatoms. The zero-order valence-electron chi connectivity index (χ0n) is 17.5. The van der Waals surface area contributed by atoms with Crippen LogP contribution in [0.5, 0.6) is 11.5 Å². The normalized spacial score (nSPS) is 12.7. The standard InChI is InChI=1S/C16H14O3.C7H14N2O2/c1-11(17)12-2-4-13(5-3-12)14-6-7-15-16(10-14)19-9-8-18-15;1-4-6(5(2)8-3)7(10)9-11/h2-7,10H,8-9H2,1H3;6,8,11H,2,4H2,1,3H3,(H,9,10). The number of ketones is 1. The van der Waals surface area contributed by atoms with E-state index in [1.807, 2.05) is 49.4 Å². The quantitative estimate of drug-likeness (QED) is 0.381. The second-order valence-corrected chi connectivity index (χ2v) is 6.70. The fraction of sp³-hybridized carbons (Fsp3) is 0.304. The molecule has 0 aliphatic carbocycles. The summed E-state index contributed by atoms with van der Waals surface area (Å²) in [5.74, 6) is 0.861. The summed E-state index contributed by atoms with van der Waals surface area (Å²) < 4.78 is 11.1. The number of nitrogens with one attached hydrogen (secondary N) is 2. The topological polar surface area (TPSA) is 96.9 Å². The third-order valence-corrected chi connectivity index (χ3v) is 4.74. The van der Waals surface area contributed by atoms with Crippen LogP contribution in [0.4, 0.5) is 0 Å². The van der Waals surface area contributed by atoms with Gasteiger partial charge in [-0.05, 0) is 36.6 Å². The lowest BCUT2D eigenvalue weighted by molar-refractivity contribution is -0.132. The highest BCUT2D eigenvalue weighted by Crippen LogP contribution is 2.34. The van der Waals surface area contributed by atoms with Gasteiger partial charge in [-0.2, -0.15) is 0 Å². The molecule has 0 saturated heterocycles. The molecule has 3 N–H and O–H groups in total. The highest BCUT2D eigenvalue weighted by molar-refractivity contribution is 5.94. The average molecular weight is 412 g/mol. The van der Waals surface area contributed by atoms with Gasteiger partial charge in [-0.1, -0.05) is 43.8 Å². The maximum atomic E-state index is 11.2. The van der Waals surface area contributed by atoms with Crippen LogP contribution >= 0.6 is 0 Å². The summed E-state index contributed by atoms with van der Waals surface area (Å²) in [6.45, 7) is 8.23. The maximum Gasteiger partial charge on any atom is 0.252 e. The van der Waals surface area contributed by atoms with E-state index in [1.165, 1.54) is 0 Å². The minimum atomic E-state index is -0.424. The predicted octanol–water partition coefficient (Wildman–Crippen LogP) is 3.58. The Labute approximate surface area is 176 Å². The zero-order valence-corrected chi connectivity index (χ0v) is 17.5. The van der Waals surface area contributed by atoms with Gasteiger partial charge in [0.05, 0.1) is 5.92 Å². The summed E-state index contributed by atoms with van der Waals surface area (Å²) in [6, 6.07) is 13.5. The molecule has 1 amide bonds. The van der Waals surface area contributed by atoms with Crippen molar-refractivity contribution in [3.05, 3.63) is 60.3 Å². The summed E-state index contributed by atoms with van der Waals surface area (Å²) in [6.07, 6.45) is 0.617. The highest BCUT2D eigenvalue weighted by Gasteiger charge is 2.17. The van der Waals surface area contributed by atoms with E-state index in [0.29, 0.717) is 25.3 Å². The summed E-state index contributed by atoms with van der Waals surface area (Å²) in [5.41, 5.74) is 5.04. The van der Waals surface area contributed by atoms with Gasteiger partial charge in [0.25, 0.3) is 5.91 Å². The number of hydrogen-bond donors (Lipinski definition) is 3. The van der Waals surface area contributed by atoms with Crippen LogP contribution in [-0.4, -0.2) is 37.2 Å². The fourth-order valence-corrected chi connectivity index (χ4v) is 2.96. The van der Waals surface area contributed by atoms with E-state index in [9.17, 15) is 9.59 Å². The Morgan fingerprint density at radius 1 is 1.07 bits per heavy atom. The van der Waals surface area contributed by atoms with Gasteiger partial charge in [-0.25, -0.2) is 5.48 Å². The van der Waals surface area contributed by atoms with Crippen LogP contribution in [0.1, 0.15) is 30.6 Å². The minimum Gasteiger partial charge on any atom is -0.486 e. The van der Waals surface area contributed by atoms with Crippen molar-refractivity contribution in [2.24, 2.45) is 5.92 Å². The molecule has 3 rings (SSSR count). The second-order valence-electron chi connectivity index (χ2n) is 6.70. The smallest absolute Gasteiger partial charge is 0.252 e. The first-order chi connectivity index (χ1) is 14.4. The molecule has 1 unspecified atom stereocenters. The van der Waals surface area contributed by atoms with E-state index < -0.39 is 5.91 Å². The monoisotopic (exact) mass is 412 g/mol. The van der Waals surface area contributed by atoms with Crippen molar-refractivity contribution in [1.29, 1.82) is 0 Å². The van der Waals surface area contributed by atoms with Gasteiger partial charge < -0.3 is 14.8 Å². The average Bonchev–Trinajstić information content (AvgIpc) is 2.79. The molecule has 30 heavy (non-hydrogen) atoms. The largest absolute Gasteiger partial charge is 0.486 e. The van der Waals surface area contributed by atoms with Gasteiger partial charge in [0.2, 0.25) is 0 Å². The summed E-state index contributed by atoms with van der Waals surface area (Å²) in [4.78, 5) is 22.1. The Morgan fingerprint density at radius 2 is 1.67 bits per heavy atom. The molecule has 160 valence electrons. The maximum absolute atomic E-state index is 11.2. The number of benzene rings is 2. The van der Waals surface area contributed by atoms with Gasteiger partial charge in [0.15, 0.2) is 17.3 Å². The second kappa shape index (κ2) is 11.0. The van der Waals surface area contributed by atoms with Crippen molar-refractivity contribution in [2.45, 2.75) is 20.3 Å². The van der Waals surface area contributed by atoms with E-state index in [-0.39, 0.29) is 11.7 Å². The molecule has 0 aromatic heterocycles. The van der Waals surface area contributed by atoms with Crippen LogP contribution in [0.25, 0.3) is 11.1 Å². The van der Waals surface area contributed by atoms with Gasteiger partial charge in [0, 0.05) is 18.3 Å². The molecule has 0 saturated carbocycles. The molecule has 2 aromatic carbocycles.